The van der Waals surface area contributed by atoms with Crippen molar-refractivity contribution in [1.82, 2.24) is 9.88 Å². The minimum absolute atomic E-state index is 0.165. The Morgan fingerprint density at radius 3 is 3.00 bits per heavy atom. The van der Waals surface area contributed by atoms with Gasteiger partial charge in [0, 0.05) is 24.0 Å². The van der Waals surface area contributed by atoms with Crippen molar-refractivity contribution in [1.29, 1.82) is 0 Å². The van der Waals surface area contributed by atoms with Crippen LogP contribution in [-0.4, -0.2) is 68.1 Å². The summed E-state index contributed by atoms with van der Waals surface area (Å²) in [4.78, 5) is 18.3. The van der Waals surface area contributed by atoms with Crippen molar-refractivity contribution in [3.63, 3.8) is 0 Å². The van der Waals surface area contributed by atoms with Crippen LogP contribution in [0.4, 0.5) is 5.13 Å². The Labute approximate surface area is 187 Å². The van der Waals surface area contributed by atoms with Crippen LogP contribution in [0.3, 0.4) is 0 Å². The summed E-state index contributed by atoms with van der Waals surface area (Å²) in [5.74, 6) is 0.528. The number of thiazole rings is 1. The smallest absolute Gasteiger partial charge is 0.311 e. The quantitative estimate of drug-likeness (QED) is 0.232. The maximum Gasteiger partial charge on any atom is 0.311 e. The number of ether oxygens (including phenoxy) is 3. The monoisotopic (exact) mass is 446 g/mol. The van der Waals surface area contributed by atoms with Gasteiger partial charge in [0.25, 0.3) is 0 Å². The summed E-state index contributed by atoms with van der Waals surface area (Å²) in [6.07, 6.45) is 3.99. The molecular formula is C22H30N4O4S. The molecule has 2 heterocycles. The van der Waals surface area contributed by atoms with Crippen LogP contribution >= 0.6 is 11.3 Å². The number of rotatable bonds is 12. The number of morpholine rings is 1. The molecule has 1 aliphatic rings. The number of benzene rings is 1. The molecule has 2 aromatic rings. The van der Waals surface area contributed by atoms with E-state index < -0.39 is 0 Å². The number of carbonyl (C=O) groups is 1. The zero-order valence-corrected chi connectivity index (χ0v) is 18.7. The molecule has 0 saturated carbocycles. The Hall–Kier alpha value is -2.49. The fourth-order valence-corrected chi connectivity index (χ4v) is 3.78. The van der Waals surface area contributed by atoms with Gasteiger partial charge in [-0.25, -0.2) is 4.98 Å². The lowest BCUT2D eigenvalue weighted by atomic mass is 10.2. The molecule has 8 nitrogen and oxygen atoms in total. The standard InChI is InChI=1S/C22H30N4O4S/c1-2-29-21(27)15-19-17-31-22(24-19)25-23-16-18-7-3-4-8-20(18)30-12-6-5-9-26-10-13-28-14-11-26/h3-4,7-8,16-17H,2,5-6,9-15H2,1H3,(H,24,25). The van der Waals surface area contributed by atoms with E-state index in [1.807, 2.05) is 29.6 Å². The summed E-state index contributed by atoms with van der Waals surface area (Å²) >= 11 is 1.39. The third-order valence-corrected chi connectivity index (χ3v) is 5.49. The van der Waals surface area contributed by atoms with Gasteiger partial charge in [-0.15, -0.1) is 11.3 Å². The zero-order valence-electron chi connectivity index (χ0n) is 17.9. The second-order valence-corrected chi connectivity index (χ2v) is 7.90. The lowest BCUT2D eigenvalue weighted by molar-refractivity contribution is -0.142. The van der Waals surface area contributed by atoms with Crippen LogP contribution in [-0.2, 0) is 20.7 Å². The normalized spacial score (nSPS) is 14.6. The van der Waals surface area contributed by atoms with Gasteiger partial charge >= 0.3 is 5.97 Å². The third kappa shape index (κ3) is 8.28. The summed E-state index contributed by atoms with van der Waals surface area (Å²) < 4.78 is 16.3. The summed E-state index contributed by atoms with van der Waals surface area (Å²) in [5.41, 5.74) is 4.48. The largest absolute Gasteiger partial charge is 0.493 e. The fourth-order valence-electron chi connectivity index (χ4n) is 3.12. The molecular weight excluding hydrogens is 416 g/mol. The highest BCUT2D eigenvalue weighted by atomic mass is 32.1. The second kappa shape index (κ2) is 13.0. The molecule has 1 aromatic heterocycles. The van der Waals surface area contributed by atoms with Gasteiger partial charge in [-0.2, -0.15) is 5.10 Å². The Balaban J connectivity index is 1.41. The summed E-state index contributed by atoms with van der Waals surface area (Å²) in [5, 5.41) is 6.71. The number of unbranched alkanes of at least 4 members (excludes halogenated alkanes) is 1. The van der Waals surface area contributed by atoms with Gasteiger partial charge in [-0.05, 0) is 38.4 Å². The molecule has 0 radical (unpaired) electrons. The number of aromatic nitrogens is 1. The number of hydrogen-bond acceptors (Lipinski definition) is 9. The van der Waals surface area contributed by atoms with Crippen LogP contribution in [0.1, 0.15) is 31.0 Å². The number of nitrogens with one attached hydrogen (secondary N) is 1. The van der Waals surface area contributed by atoms with Crippen molar-refractivity contribution in [3.05, 3.63) is 40.9 Å². The van der Waals surface area contributed by atoms with Crippen LogP contribution in [0.25, 0.3) is 0 Å². The molecule has 168 valence electrons. The molecule has 1 fully saturated rings. The molecule has 3 rings (SSSR count). The summed E-state index contributed by atoms with van der Waals surface area (Å²) in [7, 11) is 0. The minimum atomic E-state index is -0.279. The van der Waals surface area contributed by atoms with Gasteiger partial charge in [0.2, 0.25) is 5.13 Å². The first-order valence-corrected chi connectivity index (χ1v) is 11.5. The van der Waals surface area contributed by atoms with Gasteiger partial charge in [-0.3, -0.25) is 15.1 Å². The van der Waals surface area contributed by atoms with Crippen molar-refractivity contribution in [2.24, 2.45) is 5.10 Å². The molecule has 0 bridgehead atoms. The molecule has 0 unspecified atom stereocenters. The predicted molar refractivity (Wildman–Crippen MR) is 122 cm³/mol. The predicted octanol–water partition coefficient (Wildman–Crippen LogP) is 3.19. The molecule has 1 N–H and O–H groups in total. The average molecular weight is 447 g/mol. The first-order valence-electron chi connectivity index (χ1n) is 10.7. The molecule has 0 amide bonds. The topological polar surface area (TPSA) is 85.3 Å². The second-order valence-electron chi connectivity index (χ2n) is 7.04. The van der Waals surface area contributed by atoms with Gasteiger partial charge < -0.3 is 14.2 Å². The summed E-state index contributed by atoms with van der Waals surface area (Å²) in [6, 6.07) is 7.82. The van der Waals surface area contributed by atoms with Crippen molar-refractivity contribution in [2.45, 2.75) is 26.2 Å². The molecule has 1 aliphatic heterocycles. The maximum absolute atomic E-state index is 11.5. The number of anilines is 1. The Morgan fingerprint density at radius 2 is 2.16 bits per heavy atom. The van der Waals surface area contributed by atoms with Crippen LogP contribution < -0.4 is 10.2 Å². The van der Waals surface area contributed by atoms with E-state index in [2.05, 4.69) is 20.4 Å². The first kappa shape index (κ1) is 23.2. The van der Waals surface area contributed by atoms with Gasteiger partial charge in [-0.1, -0.05) is 12.1 Å². The maximum atomic E-state index is 11.5. The van der Waals surface area contributed by atoms with Gasteiger partial charge in [0.15, 0.2) is 0 Å². The Morgan fingerprint density at radius 1 is 1.32 bits per heavy atom. The number of hydrazone groups is 1. The first-order chi connectivity index (χ1) is 15.2. The highest BCUT2D eigenvalue weighted by Crippen LogP contribution is 2.18. The van der Waals surface area contributed by atoms with Crippen molar-refractivity contribution >= 4 is 28.7 Å². The molecule has 1 saturated heterocycles. The van der Waals surface area contributed by atoms with E-state index in [-0.39, 0.29) is 12.4 Å². The number of nitrogens with zero attached hydrogens (tertiary/aromatic N) is 3. The number of hydrogen-bond donors (Lipinski definition) is 1. The molecule has 0 spiro atoms. The highest BCUT2D eigenvalue weighted by Gasteiger charge is 2.10. The molecule has 31 heavy (non-hydrogen) atoms. The fraction of sp³-hybridized carbons (Fsp3) is 0.500. The van der Waals surface area contributed by atoms with Crippen LogP contribution in [0.2, 0.25) is 0 Å². The number of para-hydroxylation sites is 1. The minimum Gasteiger partial charge on any atom is -0.493 e. The molecule has 1 aromatic carbocycles. The highest BCUT2D eigenvalue weighted by molar-refractivity contribution is 7.13. The van der Waals surface area contributed by atoms with E-state index >= 15 is 0 Å². The lowest BCUT2D eigenvalue weighted by Crippen LogP contribution is -2.36. The number of esters is 1. The molecule has 0 aliphatic carbocycles. The Bertz CT molecular complexity index is 836. The van der Waals surface area contributed by atoms with Crippen molar-refractivity contribution in [2.75, 3.05) is 51.5 Å². The van der Waals surface area contributed by atoms with E-state index in [4.69, 9.17) is 14.2 Å². The summed E-state index contributed by atoms with van der Waals surface area (Å²) in [6.45, 7) is 7.64. The van der Waals surface area contributed by atoms with E-state index in [0.29, 0.717) is 24.0 Å². The third-order valence-electron chi connectivity index (χ3n) is 4.70. The zero-order chi connectivity index (χ0) is 21.7. The van der Waals surface area contributed by atoms with Gasteiger partial charge in [0.05, 0.1) is 44.8 Å². The molecule has 9 heteroatoms. The van der Waals surface area contributed by atoms with Crippen molar-refractivity contribution in [3.8, 4) is 5.75 Å². The van der Waals surface area contributed by atoms with Crippen LogP contribution in [0.15, 0.2) is 34.7 Å². The van der Waals surface area contributed by atoms with E-state index in [9.17, 15) is 4.79 Å². The van der Waals surface area contributed by atoms with E-state index in [1.165, 1.54) is 11.3 Å². The SMILES string of the molecule is CCOC(=O)Cc1csc(NN=Cc2ccccc2OCCCCN2CCOCC2)n1. The molecule has 0 atom stereocenters. The number of carbonyl (C=O) groups excluding carboxylic acids is 1. The Kier molecular flexibility index (Phi) is 9.75. The van der Waals surface area contributed by atoms with Crippen LogP contribution in [0, 0.1) is 0 Å². The van der Waals surface area contributed by atoms with Crippen LogP contribution in [0.5, 0.6) is 5.75 Å². The van der Waals surface area contributed by atoms with E-state index in [0.717, 1.165) is 57.0 Å². The average Bonchev–Trinajstić information content (AvgIpc) is 3.22. The lowest BCUT2D eigenvalue weighted by Gasteiger charge is -2.26. The van der Waals surface area contributed by atoms with Crippen molar-refractivity contribution < 1.29 is 19.0 Å². The van der Waals surface area contributed by atoms with Gasteiger partial charge in [0.1, 0.15) is 5.75 Å². The van der Waals surface area contributed by atoms with E-state index in [1.54, 1.807) is 13.1 Å².